The third kappa shape index (κ3) is 4.51. The van der Waals surface area contributed by atoms with Crippen LogP contribution in [-0.2, 0) is 9.53 Å². The van der Waals surface area contributed by atoms with E-state index >= 15 is 0 Å². The third-order valence-corrected chi connectivity index (χ3v) is 4.31. The van der Waals surface area contributed by atoms with Crippen molar-refractivity contribution in [1.29, 1.82) is 0 Å². The molecule has 0 unspecified atom stereocenters. The Kier molecular flexibility index (Phi) is 6.67. The van der Waals surface area contributed by atoms with Crippen molar-refractivity contribution < 1.29 is 18.7 Å². The number of carbonyl (C=O) groups is 1. The lowest BCUT2D eigenvalue weighted by atomic mass is 10.1. The Labute approximate surface area is 143 Å². The van der Waals surface area contributed by atoms with E-state index in [1.54, 1.807) is 7.11 Å². The molecule has 0 spiro atoms. The highest BCUT2D eigenvalue weighted by atomic mass is 17.0. The number of fused-ring (bicyclic) bond motifs is 1. The van der Waals surface area contributed by atoms with Crippen molar-refractivity contribution in [3.05, 3.63) is 34.9 Å². The summed E-state index contributed by atoms with van der Waals surface area (Å²) < 4.78 is 14.2. The second-order valence-corrected chi connectivity index (χ2v) is 6.02. The fraction of sp³-hybridized carbons (Fsp3) is 0.526. The molecule has 0 aliphatic carbocycles. The maximum absolute atomic E-state index is 11.7. The summed E-state index contributed by atoms with van der Waals surface area (Å²) in [5.41, 5.74) is 5.76. The molecule has 0 fully saturated rings. The van der Waals surface area contributed by atoms with Gasteiger partial charge in [-0.05, 0) is 37.5 Å². The van der Waals surface area contributed by atoms with Gasteiger partial charge in [0.05, 0.1) is 13.0 Å². The summed E-state index contributed by atoms with van der Waals surface area (Å²) >= 11 is 0. The lowest BCUT2D eigenvalue weighted by Gasteiger charge is -2.16. The summed E-state index contributed by atoms with van der Waals surface area (Å²) in [6, 6.07) is 5.83. The van der Waals surface area contributed by atoms with Crippen molar-refractivity contribution in [2.75, 3.05) is 26.8 Å². The molecule has 2 aromatic rings. The molecule has 1 amide bonds. The minimum Gasteiger partial charge on any atom is -0.384 e. The number of amides is 1. The van der Waals surface area contributed by atoms with E-state index in [4.69, 9.17) is 4.74 Å². The average molecular weight is 333 g/mol. The molecule has 0 radical (unpaired) electrons. The van der Waals surface area contributed by atoms with E-state index in [0.717, 1.165) is 37.1 Å². The van der Waals surface area contributed by atoms with Gasteiger partial charge in [-0.3, -0.25) is 13.9 Å². The molecule has 1 aromatic heterocycles. The van der Waals surface area contributed by atoms with E-state index in [9.17, 15) is 4.79 Å². The van der Waals surface area contributed by atoms with Gasteiger partial charge in [0.1, 0.15) is 0 Å². The first kappa shape index (κ1) is 18.3. The van der Waals surface area contributed by atoms with Gasteiger partial charge in [0.25, 0.3) is 0 Å². The zero-order valence-corrected chi connectivity index (χ0v) is 15.1. The van der Waals surface area contributed by atoms with Crippen LogP contribution in [0.3, 0.4) is 0 Å². The minimum atomic E-state index is 0.214. The van der Waals surface area contributed by atoms with Crippen molar-refractivity contribution in [2.24, 2.45) is 0 Å². The van der Waals surface area contributed by atoms with Crippen LogP contribution < -0.4 is 0 Å². The van der Waals surface area contributed by atoms with Gasteiger partial charge in [-0.1, -0.05) is 31.1 Å². The first-order valence-corrected chi connectivity index (χ1v) is 8.50. The van der Waals surface area contributed by atoms with Gasteiger partial charge in [0.15, 0.2) is 0 Å². The number of benzene rings is 1. The molecule has 0 atom stereocenters. The number of rotatable bonds is 5. The van der Waals surface area contributed by atoms with E-state index < -0.39 is 0 Å². The van der Waals surface area contributed by atoms with Crippen molar-refractivity contribution in [1.82, 2.24) is 4.90 Å². The second kappa shape index (κ2) is 8.73. The van der Waals surface area contributed by atoms with Crippen LogP contribution in [-0.4, -0.2) is 37.6 Å². The molecule has 1 aromatic carbocycles. The molecule has 5 nitrogen and oxygen atoms in total. The molecule has 132 valence electrons. The van der Waals surface area contributed by atoms with Crippen LogP contribution in [0.25, 0.3) is 11.2 Å². The third-order valence-electron chi connectivity index (χ3n) is 4.31. The number of hydrogen-bond donors (Lipinski definition) is 0. The van der Waals surface area contributed by atoms with Crippen LogP contribution in [0.1, 0.15) is 38.7 Å². The van der Waals surface area contributed by atoms with Gasteiger partial charge in [0.2, 0.25) is 17.1 Å². The van der Waals surface area contributed by atoms with E-state index in [0.29, 0.717) is 13.0 Å². The molecular weight excluding hydrogens is 306 g/mol. The standard InChI is InChI=1S/C12H21NO2.C7H6O2/c1-4-10-8-13(9-11(10)5-2)12(14)6-7-15-3;1-5-2-3-6-7(4-5)9-8-6/h4-9H2,1-3H3;2-4H,1H3. The zero-order chi connectivity index (χ0) is 17.5. The van der Waals surface area contributed by atoms with Gasteiger partial charge < -0.3 is 9.64 Å². The van der Waals surface area contributed by atoms with Gasteiger partial charge in [-0.2, -0.15) is 0 Å². The Hall–Kier alpha value is -2.01. The smallest absolute Gasteiger partial charge is 0.225 e. The van der Waals surface area contributed by atoms with Gasteiger partial charge in [-0.15, -0.1) is 0 Å². The molecule has 2 heterocycles. The normalized spacial score (nSPS) is 14.2. The van der Waals surface area contributed by atoms with Crippen LogP contribution in [0.5, 0.6) is 0 Å². The highest BCUT2D eigenvalue weighted by Crippen LogP contribution is 2.23. The molecule has 0 bridgehead atoms. The van der Waals surface area contributed by atoms with Gasteiger partial charge in [-0.25, -0.2) is 0 Å². The Morgan fingerprint density at radius 3 is 2.17 bits per heavy atom. The van der Waals surface area contributed by atoms with Crippen molar-refractivity contribution in [3.8, 4) is 0 Å². The maximum Gasteiger partial charge on any atom is 0.225 e. The lowest BCUT2D eigenvalue weighted by molar-refractivity contribution is -0.130. The molecule has 0 saturated carbocycles. The summed E-state index contributed by atoms with van der Waals surface area (Å²) in [7, 11) is 1.63. The summed E-state index contributed by atoms with van der Waals surface area (Å²) in [4.78, 5) is 13.7. The second-order valence-electron chi connectivity index (χ2n) is 6.02. The first-order valence-electron chi connectivity index (χ1n) is 8.50. The van der Waals surface area contributed by atoms with E-state index in [2.05, 4.69) is 23.0 Å². The van der Waals surface area contributed by atoms with Gasteiger partial charge >= 0.3 is 0 Å². The number of methoxy groups -OCH3 is 1. The zero-order valence-electron chi connectivity index (χ0n) is 15.1. The largest absolute Gasteiger partial charge is 0.384 e. The Bertz CT molecular complexity index is 679. The quantitative estimate of drug-likeness (QED) is 0.604. The number of nitrogens with zero attached hydrogens (tertiary/aromatic N) is 1. The van der Waals surface area contributed by atoms with Crippen molar-refractivity contribution in [2.45, 2.75) is 40.0 Å². The SMILES string of the molecule is CCC1=C(CC)CN(C(=O)CCOC)C1.Cc1ccc2ooc2c1. The minimum absolute atomic E-state index is 0.214. The summed E-state index contributed by atoms with van der Waals surface area (Å²) in [6.07, 6.45) is 2.64. The molecule has 1 aliphatic heterocycles. The average Bonchev–Trinajstić information content (AvgIpc) is 3.00. The fourth-order valence-corrected chi connectivity index (χ4v) is 2.79. The predicted molar refractivity (Wildman–Crippen MR) is 93.9 cm³/mol. The number of hydrogen-bond acceptors (Lipinski definition) is 4. The molecule has 5 heteroatoms. The fourth-order valence-electron chi connectivity index (χ4n) is 2.79. The predicted octanol–water partition coefficient (Wildman–Crippen LogP) is 4.32. The Morgan fingerprint density at radius 2 is 1.75 bits per heavy atom. The highest BCUT2D eigenvalue weighted by molar-refractivity contribution is 5.77. The molecule has 1 aliphatic rings. The molecule has 0 saturated heterocycles. The summed E-state index contributed by atoms with van der Waals surface area (Å²) in [6.45, 7) is 8.53. The molecule has 24 heavy (non-hydrogen) atoms. The summed E-state index contributed by atoms with van der Waals surface area (Å²) in [5.74, 6) is 0.214. The van der Waals surface area contributed by atoms with Gasteiger partial charge in [0, 0.05) is 20.2 Å². The number of ether oxygens (including phenoxy) is 1. The van der Waals surface area contributed by atoms with Crippen molar-refractivity contribution >= 4 is 17.1 Å². The highest BCUT2D eigenvalue weighted by Gasteiger charge is 2.23. The number of aryl methyl sites for hydroxylation is 1. The van der Waals surface area contributed by atoms with Crippen LogP contribution in [0, 0.1) is 6.92 Å². The molecule has 0 N–H and O–H groups in total. The molecular formula is C19H27NO4. The Balaban J connectivity index is 0.000000194. The maximum atomic E-state index is 11.7. The van der Waals surface area contributed by atoms with Crippen LogP contribution in [0.15, 0.2) is 38.5 Å². The molecule has 3 rings (SSSR count). The first-order chi connectivity index (χ1) is 11.6. The van der Waals surface area contributed by atoms with Crippen LogP contribution >= 0.6 is 0 Å². The Morgan fingerprint density at radius 1 is 1.12 bits per heavy atom. The topological polar surface area (TPSA) is 55.8 Å². The van der Waals surface area contributed by atoms with E-state index in [-0.39, 0.29) is 5.91 Å². The van der Waals surface area contributed by atoms with Crippen molar-refractivity contribution in [3.63, 3.8) is 0 Å². The lowest BCUT2D eigenvalue weighted by Crippen LogP contribution is -2.30. The van der Waals surface area contributed by atoms with Crippen LogP contribution in [0.4, 0.5) is 0 Å². The summed E-state index contributed by atoms with van der Waals surface area (Å²) in [5, 5.41) is 0. The van der Waals surface area contributed by atoms with E-state index in [1.807, 2.05) is 30.0 Å². The van der Waals surface area contributed by atoms with E-state index in [1.165, 1.54) is 16.7 Å². The van der Waals surface area contributed by atoms with Crippen LogP contribution in [0.2, 0.25) is 0 Å². The number of carbonyl (C=O) groups excluding carboxylic acids is 1. The monoisotopic (exact) mass is 333 g/mol.